The average molecular weight is 466 g/mol. The van der Waals surface area contributed by atoms with E-state index in [2.05, 4.69) is 15.5 Å². The Kier molecular flexibility index (Phi) is 7.39. The highest BCUT2D eigenvalue weighted by atomic mass is 32.1. The highest BCUT2D eigenvalue weighted by Gasteiger charge is 2.13. The monoisotopic (exact) mass is 465 g/mol. The number of aromatic hydroxyl groups is 1. The molecule has 3 aromatic rings. The third-order valence-electron chi connectivity index (χ3n) is 5.49. The maximum Gasteiger partial charge on any atom is 0.261 e. The lowest BCUT2D eigenvalue weighted by Crippen LogP contribution is -2.41. The number of ether oxygens (including phenoxy) is 1. The van der Waals surface area contributed by atoms with Gasteiger partial charge in [-0.1, -0.05) is 24.3 Å². The summed E-state index contributed by atoms with van der Waals surface area (Å²) in [5.41, 5.74) is 4.06. The quantitative estimate of drug-likeness (QED) is 0.462. The molecule has 2 heterocycles. The first-order valence-corrected chi connectivity index (χ1v) is 11.8. The Bertz CT molecular complexity index is 1120. The molecule has 2 aromatic carbocycles. The largest absolute Gasteiger partial charge is 0.507 e. The van der Waals surface area contributed by atoms with Gasteiger partial charge in [0.05, 0.1) is 18.1 Å². The molecular weight excluding hydrogens is 438 g/mol. The van der Waals surface area contributed by atoms with Crippen LogP contribution in [0.1, 0.15) is 16.6 Å². The zero-order valence-electron chi connectivity index (χ0n) is 18.5. The third-order valence-corrected chi connectivity index (χ3v) is 6.42. The van der Waals surface area contributed by atoms with Gasteiger partial charge in [-0.3, -0.25) is 14.5 Å². The zero-order chi connectivity index (χ0) is 23.2. The Labute approximate surface area is 197 Å². The highest BCUT2D eigenvalue weighted by molar-refractivity contribution is 7.12. The molecule has 0 atom stereocenters. The molecule has 33 heavy (non-hydrogen) atoms. The van der Waals surface area contributed by atoms with Crippen molar-refractivity contribution in [1.82, 2.24) is 10.2 Å². The fraction of sp³-hybridized carbons (Fsp3) is 0.280. The van der Waals surface area contributed by atoms with E-state index in [-0.39, 0.29) is 17.6 Å². The van der Waals surface area contributed by atoms with E-state index < -0.39 is 0 Å². The predicted octanol–water partition coefficient (Wildman–Crippen LogP) is 3.81. The summed E-state index contributed by atoms with van der Waals surface area (Å²) in [7, 11) is 0. The van der Waals surface area contributed by atoms with Gasteiger partial charge in [0.15, 0.2) is 0 Å². The van der Waals surface area contributed by atoms with E-state index in [1.54, 1.807) is 18.2 Å². The minimum Gasteiger partial charge on any atom is -0.507 e. The number of hydrogen-bond acceptors (Lipinski definition) is 6. The first-order valence-electron chi connectivity index (χ1n) is 10.9. The zero-order valence-corrected chi connectivity index (χ0v) is 19.3. The molecule has 0 unspecified atom stereocenters. The van der Waals surface area contributed by atoms with Gasteiger partial charge in [-0.25, -0.2) is 0 Å². The Balaban J connectivity index is 1.39. The lowest BCUT2D eigenvalue weighted by Gasteiger charge is -2.26. The van der Waals surface area contributed by atoms with Crippen molar-refractivity contribution in [2.24, 2.45) is 0 Å². The summed E-state index contributed by atoms with van der Waals surface area (Å²) in [4.78, 5) is 26.8. The van der Waals surface area contributed by atoms with Crippen LogP contribution in [0.15, 0.2) is 53.9 Å². The van der Waals surface area contributed by atoms with Crippen LogP contribution in [0.3, 0.4) is 0 Å². The van der Waals surface area contributed by atoms with Crippen LogP contribution in [0.5, 0.6) is 5.75 Å². The molecule has 8 heteroatoms. The first-order chi connectivity index (χ1) is 16.0. The molecule has 2 amide bonds. The normalized spacial score (nSPS) is 14.1. The van der Waals surface area contributed by atoms with Gasteiger partial charge in [-0.05, 0) is 46.3 Å². The molecule has 1 aliphatic rings. The van der Waals surface area contributed by atoms with E-state index in [0.717, 1.165) is 49.5 Å². The molecule has 0 bridgehead atoms. The fourth-order valence-corrected chi connectivity index (χ4v) is 4.57. The second-order valence-corrected chi connectivity index (χ2v) is 8.81. The number of carbonyl (C=O) groups excluding carboxylic acids is 2. The molecule has 1 saturated heterocycles. The minimum atomic E-state index is -0.166. The number of phenolic OH excluding ortho intramolecular Hbond substituents is 1. The third kappa shape index (κ3) is 5.98. The van der Waals surface area contributed by atoms with E-state index in [1.165, 1.54) is 18.3 Å². The van der Waals surface area contributed by atoms with Gasteiger partial charge in [0, 0.05) is 44.4 Å². The number of amides is 2. The molecule has 1 fully saturated rings. The molecule has 0 spiro atoms. The fourth-order valence-electron chi connectivity index (χ4n) is 3.74. The Hall–Kier alpha value is -3.20. The van der Waals surface area contributed by atoms with Gasteiger partial charge >= 0.3 is 0 Å². The van der Waals surface area contributed by atoms with Crippen LogP contribution >= 0.6 is 11.3 Å². The van der Waals surface area contributed by atoms with Crippen molar-refractivity contribution in [3.63, 3.8) is 0 Å². The van der Waals surface area contributed by atoms with Crippen molar-refractivity contribution in [3.05, 3.63) is 58.8 Å². The van der Waals surface area contributed by atoms with E-state index in [1.807, 2.05) is 35.7 Å². The highest BCUT2D eigenvalue weighted by Crippen LogP contribution is 2.34. The maximum atomic E-state index is 12.5. The number of hydrogen-bond donors (Lipinski definition) is 3. The van der Waals surface area contributed by atoms with Gasteiger partial charge in [-0.2, -0.15) is 0 Å². The molecule has 0 radical (unpaired) electrons. The van der Waals surface area contributed by atoms with Crippen molar-refractivity contribution in [2.45, 2.75) is 6.92 Å². The number of morpholine rings is 1. The number of thiophene rings is 1. The predicted molar refractivity (Wildman–Crippen MR) is 131 cm³/mol. The van der Waals surface area contributed by atoms with Crippen molar-refractivity contribution < 1.29 is 19.4 Å². The number of anilines is 1. The van der Waals surface area contributed by atoms with Crippen LogP contribution in [-0.4, -0.2) is 61.2 Å². The number of rotatable bonds is 7. The van der Waals surface area contributed by atoms with E-state index in [0.29, 0.717) is 22.7 Å². The summed E-state index contributed by atoms with van der Waals surface area (Å²) >= 11 is 1.42. The number of nitrogens with zero attached hydrogens (tertiary/aromatic N) is 1. The summed E-state index contributed by atoms with van der Waals surface area (Å²) in [6, 6.07) is 14.6. The van der Waals surface area contributed by atoms with Crippen LogP contribution < -0.4 is 10.6 Å². The van der Waals surface area contributed by atoms with Crippen molar-refractivity contribution in [1.29, 1.82) is 0 Å². The molecule has 0 saturated carbocycles. The van der Waals surface area contributed by atoms with Crippen molar-refractivity contribution in [2.75, 3.05) is 44.7 Å². The van der Waals surface area contributed by atoms with Crippen LogP contribution in [0.4, 0.5) is 5.69 Å². The topological polar surface area (TPSA) is 90.9 Å². The lowest BCUT2D eigenvalue weighted by molar-refractivity contribution is -0.114. The minimum absolute atomic E-state index is 0.0594. The first kappa shape index (κ1) is 23.0. The molecule has 1 aliphatic heterocycles. The molecule has 0 aliphatic carbocycles. The second kappa shape index (κ2) is 10.6. The van der Waals surface area contributed by atoms with Gasteiger partial charge in [-0.15, -0.1) is 11.3 Å². The summed E-state index contributed by atoms with van der Waals surface area (Å²) in [5, 5.41) is 18.0. The maximum absolute atomic E-state index is 12.5. The van der Waals surface area contributed by atoms with Gasteiger partial charge < -0.3 is 20.5 Å². The Morgan fingerprint density at radius 3 is 2.48 bits per heavy atom. The summed E-state index contributed by atoms with van der Waals surface area (Å²) in [6.45, 7) is 6.20. The molecule has 1 aromatic heterocycles. The van der Waals surface area contributed by atoms with E-state index in [4.69, 9.17) is 4.74 Å². The van der Waals surface area contributed by atoms with Crippen LogP contribution in [-0.2, 0) is 9.53 Å². The number of nitrogens with one attached hydrogen (secondary N) is 2. The molecule has 4 rings (SSSR count). The Morgan fingerprint density at radius 1 is 1.03 bits per heavy atom. The van der Waals surface area contributed by atoms with Gasteiger partial charge in [0.25, 0.3) is 5.91 Å². The van der Waals surface area contributed by atoms with Crippen LogP contribution in [0, 0.1) is 0 Å². The van der Waals surface area contributed by atoms with E-state index in [9.17, 15) is 14.7 Å². The van der Waals surface area contributed by atoms with Gasteiger partial charge in [0.1, 0.15) is 5.75 Å². The number of carbonyl (C=O) groups is 2. The Morgan fingerprint density at radius 2 is 1.76 bits per heavy atom. The molecule has 172 valence electrons. The molecular formula is C25H27N3O4S. The summed E-state index contributed by atoms with van der Waals surface area (Å²) < 4.78 is 5.34. The second-order valence-electron chi connectivity index (χ2n) is 7.90. The van der Waals surface area contributed by atoms with Crippen LogP contribution in [0.2, 0.25) is 0 Å². The summed E-state index contributed by atoms with van der Waals surface area (Å²) in [5.74, 6) is -0.0837. The van der Waals surface area contributed by atoms with E-state index >= 15 is 0 Å². The number of benzene rings is 2. The number of phenols is 1. The van der Waals surface area contributed by atoms with Crippen molar-refractivity contribution >= 4 is 28.8 Å². The van der Waals surface area contributed by atoms with Crippen LogP contribution in [0.25, 0.3) is 22.3 Å². The van der Waals surface area contributed by atoms with Gasteiger partial charge in [0.2, 0.25) is 5.91 Å². The standard InChI is InChI=1S/C25H27N3O4S/c1-17(29)27-21-6-7-23(30)22(15-21)19-4-2-18(3-5-19)20-14-24(33-16-20)25(31)26-8-9-28-10-12-32-13-11-28/h2-7,14-16,30H,8-13H2,1H3,(H,26,31)(H,27,29). The summed E-state index contributed by atoms with van der Waals surface area (Å²) in [6.07, 6.45) is 0. The SMILES string of the molecule is CC(=O)Nc1ccc(O)c(-c2ccc(-c3csc(C(=O)NCCN4CCOCC4)c3)cc2)c1. The molecule has 3 N–H and O–H groups in total. The smallest absolute Gasteiger partial charge is 0.261 e. The lowest BCUT2D eigenvalue weighted by atomic mass is 10.0. The van der Waals surface area contributed by atoms with Crippen molar-refractivity contribution in [3.8, 4) is 28.0 Å². The molecule has 7 nitrogen and oxygen atoms in total. The average Bonchev–Trinajstić information content (AvgIpc) is 3.31.